The molecule has 1 fully saturated rings. The van der Waals surface area contributed by atoms with E-state index in [2.05, 4.69) is 29.0 Å². The Balaban J connectivity index is 1.59. The summed E-state index contributed by atoms with van der Waals surface area (Å²) in [5.41, 5.74) is 1.58. The number of nitrogens with zero attached hydrogens (tertiary/aromatic N) is 2. The summed E-state index contributed by atoms with van der Waals surface area (Å²) in [6.45, 7) is 8.66. The van der Waals surface area contributed by atoms with E-state index in [9.17, 15) is 4.79 Å². The topological polar surface area (TPSA) is 45.2 Å². The van der Waals surface area contributed by atoms with Crippen molar-refractivity contribution in [1.29, 1.82) is 0 Å². The predicted molar refractivity (Wildman–Crippen MR) is 93.5 cm³/mol. The molecule has 0 saturated carbocycles. The molecule has 1 aromatic heterocycles. The van der Waals surface area contributed by atoms with E-state index in [0.29, 0.717) is 17.4 Å². The molecule has 0 radical (unpaired) electrons. The largest absolute Gasteiger partial charge is 0.352 e. The Kier molecular flexibility index (Phi) is 4.91. The molecular formula is C19H25N3O. The maximum atomic E-state index is 12.5. The van der Waals surface area contributed by atoms with Crippen molar-refractivity contribution < 1.29 is 4.79 Å². The van der Waals surface area contributed by atoms with Crippen molar-refractivity contribution in [2.24, 2.45) is 11.8 Å². The van der Waals surface area contributed by atoms with Crippen LogP contribution in [0.5, 0.6) is 0 Å². The summed E-state index contributed by atoms with van der Waals surface area (Å²) >= 11 is 0. The first kappa shape index (κ1) is 15.9. The lowest BCUT2D eigenvalue weighted by Crippen LogP contribution is -2.32. The van der Waals surface area contributed by atoms with E-state index in [-0.39, 0.29) is 5.91 Å². The molecule has 23 heavy (non-hydrogen) atoms. The molecular weight excluding hydrogens is 286 g/mol. The number of fused-ring (bicyclic) bond motifs is 1. The maximum absolute atomic E-state index is 12.5. The highest BCUT2D eigenvalue weighted by atomic mass is 16.1. The lowest BCUT2D eigenvalue weighted by molar-refractivity contribution is 0.0949. The second kappa shape index (κ2) is 7.09. The average Bonchev–Trinajstić information content (AvgIpc) is 2.98. The van der Waals surface area contributed by atoms with Crippen molar-refractivity contribution in [3.8, 4) is 0 Å². The summed E-state index contributed by atoms with van der Waals surface area (Å²) in [5.74, 6) is 1.27. The van der Waals surface area contributed by atoms with Gasteiger partial charge in [0.15, 0.2) is 0 Å². The Morgan fingerprint density at radius 2 is 2.17 bits per heavy atom. The lowest BCUT2D eigenvalue weighted by atomic mass is 10.1. The Morgan fingerprint density at radius 1 is 1.35 bits per heavy atom. The van der Waals surface area contributed by atoms with E-state index in [1.54, 1.807) is 12.3 Å². The third kappa shape index (κ3) is 3.88. The highest BCUT2D eigenvalue weighted by Gasteiger charge is 2.23. The number of para-hydroxylation sites is 1. The summed E-state index contributed by atoms with van der Waals surface area (Å²) in [7, 11) is 0. The van der Waals surface area contributed by atoms with Gasteiger partial charge in [-0.1, -0.05) is 32.0 Å². The van der Waals surface area contributed by atoms with Crippen LogP contribution in [0.4, 0.5) is 0 Å². The van der Waals surface area contributed by atoms with Gasteiger partial charge in [0, 0.05) is 31.2 Å². The van der Waals surface area contributed by atoms with E-state index < -0.39 is 0 Å². The van der Waals surface area contributed by atoms with Crippen LogP contribution in [0.2, 0.25) is 0 Å². The number of hydrogen-bond donors (Lipinski definition) is 1. The van der Waals surface area contributed by atoms with Gasteiger partial charge in [0.05, 0.1) is 11.1 Å². The molecule has 1 aromatic carbocycles. The van der Waals surface area contributed by atoms with Crippen LogP contribution in [-0.4, -0.2) is 42.0 Å². The van der Waals surface area contributed by atoms with Crippen LogP contribution in [0.1, 0.15) is 30.6 Å². The van der Waals surface area contributed by atoms with Gasteiger partial charge in [-0.05, 0) is 36.9 Å². The van der Waals surface area contributed by atoms with Gasteiger partial charge in [-0.3, -0.25) is 9.78 Å². The molecule has 3 rings (SSSR count). The zero-order valence-corrected chi connectivity index (χ0v) is 14.0. The van der Waals surface area contributed by atoms with Crippen molar-refractivity contribution in [2.45, 2.75) is 20.3 Å². The number of pyridine rings is 1. The highest BCUT2D eigenvalue weighted by molar-refractivity contribution is 6.05. The van der Waals surface area contributed by atoms with Crippen LogP contribution in [-0.2, 0) is 0 Å². The van der Waals surface area contributed by atoms with Crippen LogP contribution in [0.3, 0.4) is 0 Å². The molecule has 1 N–H and O–H groups in total. The van der Waals surface area contributed by atoms with Crippen LogP contribution < -0.4 is 5.32 Å². The van der Waals surface area contributed by atoms with E-state index in [4.69, 9.17) is 0 Å². The molecule has 0 aliphatic carbocycles. The predicted octanol–water partition coefficient (Wildman–Crippen LogP) is 2.94. The number of likely N-dealkylation sites (tertiary alicyclic amines) is 1. The second-order valence-corrected chi connectivity index (χ2v) is 6.89. The fraction of sp³-hybridized carbons (Fsp3) is 0.474. The quantitative estimate of drug-likeness (QED) is 0.923. The molecule has 2 heterocycles. The first-order valence-electron chi connectivity index (χ1n) is 8.48. The smallest absolute Gasteiger partial charge is 0.252 e. The molecule has 1 amide bonds. The number of nitrogens with one attached hydrogen (secondary N) is 1. The van der Waals surface area contributed by atoms with Crippen LogP contribution in [0.25, 0.3) is 10.9 Å². The summed E-state index contributed by atoms with van der Waals surface area (Å²) in [6.07, 6.45) is 2.88. The Labute approximate surface area is 137 Å². The van der Waals surface area contributed by atoms with E-state index >= 15 is 0 Å². The van der Waals surface area contributed by atoms with E-state index in [1.165, 1.54) is 6.42 Å². The van der Waals surface area contributed by atoms with Crippen LogP contribution >= 0.6 is 0 Å². The highest BCUT2D eigenvalue weighted by Crippen LogP contribution is 2.18. The Hall–Kier alpha value is -1.94. The van der Waals surface area contributed by atoms with Gasteiger partial charge in [-0.25, -0.2) is 0 Å². The van der Waals surface area contributed by atoms with Crippen molar-refractivity contribution in [2.75, 3.05) is 26.2 Å². The number of carbonyl (C=O) groups is 1. The molecule has 4 nitrogen and oxygen atoms in total. The third-order valence-electron chi connectivity index (χ3n) is 4.44. The van der Waals surface area contributed by atoms with Gasteiger partial charge in [-0.15, -0.1) is 0 Å². The Bertz CT molecular complexity index is 678. The molecule has 4 heteroatoms. The number of benzene rings is 1. The summed E-state index contributed by atoms with van der Waals surface area (Å²) in [6, 6.07) is 9.59. The van der Waals surface area contributed by atoms with Gasteiger partial charge >= 0.3 is 0 Å². The standard InChI is InChI=1S/C19H25N3O/c1-14(2)12-22-10-8-15(13-22)11-21-19(23)17-7-9-20-18-6-4-3-5-16(17)18/h3-7,9,14-15H,8,10-13H2,1-2H3,(H,21,23)/t15-/m1/s1. The molecule has 2 aromatic rings. The molecule has 0 spiro atoms. The first-order chi connectivity index (χ1) is 11.1. The molecule has 0 bridgehead atoms. The second-order valence-electron chi connectivity index (χ2n) is 6.89. The number of hydrogen-bond acceptors (Lipinski definition) is 3. The van der Waals surface area contributed by atoms with Gasteiger partial charge in [-0.2, -0.15) is 0 Å². The number of aromatic nitrogens is 1. The number of carbonyl (C=O) groups excluding carboxylic acids is 1. The zero-order valence-electron chi connectivity index (χ0n) is 14.0. The van der Waals surface area contributed by atoms with Crippen molar-refractivity contribution in [3.63, 3.8) is 0 Å². The third-order valence-corrected chi connectivity index (χ3v) is 4.44. The maximum Gasteiger partial charge on any atom is 0.252 e. The monoisotopic (exact) mass is 311 g/mol. The number of rotatable bonds is 5. The van der Waals surface area contributed by atoms with Crippen molar-refractivity contribution in [3.05, 3.63) is 42.1 Å². The van der Waals surface area contributed by atoms with Gasteiger partial charge in [0.25, 0.3) is 5.91 Å². The van der Waals surface area contributed by atoms with Crippen molar-refractivity contribution in [1.82, 2.24) is 15.2 Å². The SMILES string of the molecule is CC(C)CN1CC[C@H](CNC(=O)c2ccnc3ccccc23)C1. The fourth-order valence-corrected chi connectivity index (χ4v) is 3.39. The minimum Gasteiger partial charge on any atom is -0.352 e. The minimum absolute atomic E-state index is 0.00547. The van der Waals surface area contributed by atoms with Gasteiger partial charge in [0.1, 0.15) is 0 Å². The van der Waals surface area contributed by atoms with E-state index in [1.807, 2.05) is 24.3 Å². The Morgan fingerprint density at radius 3 is 3.00 bits per heavy atom. The van der Waals surface area contributed by atoms with Gasteiger partial charge < -0.3 is 10.2 Å². The molecule has 1 aliphatic rings. The van der Waals surface area contributed by atoms with Crippen LogP contribution in [0, 0.1) is 11.8 Å². The summed E-state index contributed by atoms with van der Waals surface area (Å²) in [4.78, 5) is 19.3. The van der Waals surface area contributed by atoms with Crippen LogP contribution in [0.15, 0.2) is 36.5 Å². The van der Waals surface area contributed by atoms with Gasteiger partial charge in [0.2, 0.25) is 0 Å². The zero-order chi connectivity index (χ0) is 16.2. The average molecular weight is 311 g/mol. The van der Waals surface area contributed by atoms with Crippen molar-refractivity contribution >= 4 is 16.8 Å². The molecule has 1 saturated heterocycles. The summed E-state index contributed by atoms with van der Waals surface area (Å²) < 4.78 is 0. The molecule has 1 atom stereocenters. The summed E-state index contributed by atoms with van der Waals surface area (Å²) in [5, 5.41) is 4.03. The normalized spacial score (nSPS) is 18.7. The lowest BCUT2D eigenvalue weighted by Gasteiger charge is -2.18. The number of amides is 1. The molecule has 122 valence electrons. The molecule has 0 unspecified atom stereocenters. The minimum atomic E-state index is 0.00547. The van der Waals surface area contributed by atoms with E-state index in [0.717, 1.165) is 37.1 Å². The first-order valence-corrected chi connectivity index (χ1v) is 8.48. The fourth-order valence-electron chi connectivity index (χ4n) is 3.39. The molecule has 1 aliphatic heterocycles.